The van der Waals surface area contributed by atoms with Crippen LogP contribution in [0.15, 0.2) is 12.2 Å². The molecule has 0 bridgehead atoms. The molecule has 0 radical (unpaired) electrons. The maximum atomic E-state index is 12.8. The lowest BCUT2D eigenvalue weighted by atomic mass is 10.4. The summed E-state index contributed by atoms with van der Waals surface area (Å²) in [5.74, 6) is -0.511. The minimum absolute atomic E-state index is 0.0846. The van der Waals surface area contributed by atoms with Gasteiger partial charge in [-0.25, -0.2) is 4.79 Å². The zero-order valence-corrected chi connectivity index (χ0v) is 8.11. The maximum Gasteiger partial charge on any atom is 0.332 e. The SMILES string of the molecule is C=C(C)C(=O)OC[Si](C)(C)F. The van der Waals surface area contributed by atoms with Crippen molar-refractivity contribution in [2.24, 2.45) is 0 Å². The smallest absolute Gasteiger partial charge is 0.332 e. The molecule has 0 saturated carbocycles. The maximum absolute atomic E-state index is 12.8. The lowest BCUT2D eigenvalue weighted by Gasteiger charge is -2.10. The van der Waals surface area contributed by atoms with Gasteiger partial charge >= 0.3 is 5.97 Å². The monoisotopic (exact) mass is 176 g/mol. The molecule has 0 atom stereocenters. The predicted molar refractivity (Wildman–Crippen MR) is 44.4 cm³/mol. The molecule has 0 aromatic carbocycles. The standard InChI is InChI=1S/C7H13FO2Si/c1-6(2)7(9)10-5-11(3,4)8/h1,5H2,2-4H3. The molecule has 0 aliphatic heterocycles. The van der Waals surface area contributed by atoms with Gasteiger partial charge in [0.05, 0.1) is 0 Å². The first-order chi connectivity index (χ1) is 4.83. The van der Waals surface area contributed by atoms with Crippen LogP contribution in [0, 0.1) is 0 Å². The highest BCUT2D eigenvalue weighted by atomic mass is 28.4. The van der Waals surface area contributed by atoms with Crippen LogP contribution in [0.2, 0.25) is 13.1 Å². The van der Waals surface area contributed by atoms with Crippen molar-refractivity contribution in [3.05, 3.63) is 12.2 Å². The van der Waals surface area contributed by atoms with E-state index in [1.165, 1.54) is 20.0 Å². The van der Waals surface area contributed by atoms with Crippen LogP contribution in [-0.2, 0) is 9.53 Å². The van der Waals surface area contributed by atoms with Crippen LogP contribution >= 0.6 is 0 Å². The van der Waals surface area contributed by atoms with Gasteiger partial charge in [0, 0.05) is 5.57 Å². The molecule has 2 nitrogen and oxygen atoms in total. The van der Waals surface area contributed by atoms with Gasteiger partial charge in [-0.1, -0.05) is 6.58 Å². The molecule has 11 heavy (non-hydrogen) atoms. The summed E-state index contributed by atoms with van der Waals surface area (Å²) in [6.07, 6.45) is -0.0846. The Bertz CT molecular complexity index is 172. The molecule has 0 aliphatic rings. The van der Waals surface area contributed by atoms with Crippen LogP contribution in [0.1, 0.15) is 6.92 Å². The van der Waals surface area contributed by atoms with Crippen molar-refractivity contribution in [2.45, 2.75) is 20.0 Å². The van der Waals surface area contributed by atoms with Crippen molar-refractivity contribution in [1.82, 2.24) is 0 Å². The molecule has 0 rings (SSSR count). The number of hydrogen-bond acceptors (Lipinski definition) is 2. The normalized spacial score (nSPS) is 10.9. The minimum atomic E-state index is -2.75. The first kappa shape index (κ1) is 10.4. The Morgan fingerprint density at radius 3 is 2.36 bits per heavy atom. The summed E-state index contributed by atoms with van der Waals surface area (Å²) in [4.78, 5) is 10.7. The van der Waals surface area contributed by atoms with Gasteiger partial charge in [0.1, 0.15) is 6.23 Å². The highest BCUT2D eigenvalue weighted by Gasteiger charge is 2.22. The largest absolute Gasteiger partial charge is 0.463 e. The second kappa shape index (κ2) is 3.66. The van der Waals surface area contributed by atoms with Gasteiger partial charge in [0.15, 0.2) is 0 Å². The van der Waals surface area contributed by atoms with E-state index >= 15 is 0 Å². The van der Waals surface area contributed by atoms with Crippen LogP contribution in [0.25, 0.3) is 0 Å². The molecule has 0 aromatic heterocycles. The minimum Gasteiger partial charge on any atom is -0.463 e. The highest BCUT2D eigenvalue weighted by Crippen LogP contribution is 2.04. The Morgan fingerprint density at radius 1 is 1.64 bits per heavy atom. The molecule has 64 valence electrons. The summed E-state index contributed by atoms with van der Waals surface area (Å²) in [5.41, 5.74) is 0.309. The van der Waals surface area contributed by atoms with Crippen molar-refractivity contribution >= 4 is 14.4 Å². The van der Waals surface area contributed by atoms with Gasteiger partial charge in [-0.05, 0) is 20.0 Å². The second-order valence-electron chi connectivity index (χ2n) is 3.08. The Morgan fingerprint density at radius 2 is 2.09 bits per heavy atom. The van der Waals surface area contributed by atoms with E-state index in [4.69, 9.17) is 0 Å². The summed E-state index contributed by atoms with van der Waals surface area (Å²) < 4.78 is 17.5. The van der Waals surface area contributed by atoms with Crippen LogP contribution in [-0.4, -0.2) is 20.6 Å². The Balaban J connectivity index is 3.73. The molecule has 0 saturated heterocycles. The zero-order valence-electron chi connectivity index (χ0n) is 7.11. The summed E-state index contributed by atoms with van der Waals surface area (Å²) in [6, 6.07) is 0. The fourth-order valence-electron chi connectivity index (χ4n) is 0.360. The van der Waals surface area contributed by atoms with Gasteiger partial charge < -0.3 is 8.84 Å². The van der Waals surface area contributed by atoms with Crippen molar-refractivity contribution < 1.29 is 13.6 Å². The molecule has 0 heterocycles. The van der Waals surface area contributed by atoms with E-state index in [9.17, 15) is 8.90 Å². The number of hydrogen-bond donors (Lipinski definition) is 0. The summed E-state index contributed by atoms with van der Waals surface area (Å²) in [5, 5.41) is 0. The van der Waals surface area contributed by atoms with Crippen LogP contribution in [0.3, 0.4) is 0 Å². The third-order valence-corrected chi connectivity index (χ3v) is 1.73. The Hall–Kier alpha value is -0.643. The molecular formula is C7H13FO2Si. The van der Waals surface area contributed by atoms with Crippen molar-refractivity contribution in [3.63, 3.8) is 0 Å². The predicted octanol–water partition coefficient (Wildman–Crippen LogP) is 1.82. The third-order valence-electron chi connectivity index (χ3n) is 0.895. The number of carbonyl (C=O) groups excluding carboxylic acids is 1. The number of esters is 1. The molecule has 0 fully saturated rings. The molecule has 0 amide bonds. The molecule has 0 N–H and O–H groups in total. The number of ether oxygens (including phenoxy) is 1. The molecule has 0 aliphatic carbocycles. The van der Waals surface area contributed by atoms with E-state index in [0.29, 0.717) is 5.57 Å². The topological polar surface area (TPSA) is 26.3 Å². The van der Waals surface area contributed by atoms with E-state index < -0.39 is 14.4 Å². The number of halogens is 1. The van der Waals surface area contributed by atoms with Gasteiger partial charge in [0.25, 0.3) is 8.41 Å². The average molecular weight is 176 g/mol. The van der Waals surface area contributed by atoms with Crippen molar-refractivity contribution in [1.29, 1.82) is 0 Å². The summed E-state index contributed by atoms with van der Waals surface area (Å²) >= 11 is 0. The van der Waals surface area contributed by atoms with Crippen molar-refractivity contribution in [2.75, 3.05) is 6.23 Å². The second-order valence-corrected chi connectivity index (χ2v) is 6.80. The van der Waals surface area contributed by atoms with E-state index in [0.717, 1.165) is 0 Å². The van der Waals surface area contributed by atoms with Gasteiger partial charge in [0.2, 0.25) is 0 Å². The molecule has 0 spiro atoms. The third kappa shape index (κ3) is 5.78. The highest BCUT2D eigenvalue weighted by molar-refractivity contribution is 6.70. The molecule has 0 aromatic rings. The molecule has 0 unspecified atom stereocenters. The first-order valence-corrected chi connectivity index (χ1v) is 6.43. The number of carbonyl (C=O) groups is 1. The Labute approximate surface area is 67.2 Å². The van der Waals surface area contributed by atoms with Crippen LogP contribution in [0.5, 0.6) is 0 Å². The lowest BCUT2D eigenvalue weighted by molar-refractivity contribution is -0.137. The number of rotatable bonds is 3. The van der Waals surface area contributed by atoms with Gasteiger partial charge in [-0.3, -0.25) is 0 Å². The van der Waals surface area contributed by atoms with Gasteiger partial charge in [-0.15, -0.1) is 0 Å². The van der Waals surface area contributed by atoms with Gasteiger partial charge in [-0.2, -0.15) is 0 Å². The van der Waals surface area contributed by atoms with Crippen molar-refractivity contribution in [3.8, 4) is 0 Å². The van der Waals surface area contributed by atoms with Crippen LogP contribution < -0.4 is 0 Å². The fourth-order valence-corrected chi connectivity index (χ4v) is 0.835. The van der Waals surface area contributed by atoms with E-state index in [1.54, 1.807) is 0 Å². The zero-order chi connectivity index (χ0) is 9.07. The Kier molecular flexibility index (Phi) is 3.45. The lowest BCUT2D eigenvalue weighted by Crippen LogP contribution is -2.28. The first-order valence-electron chi connectivity index (χ1n) is 3.34. The fraction of sp³-hybridized carbons (Fsp3) is 0.571. The summed E-state index contributed by atoms with van der Waals surface area (Å²) in [7, 11) is -2.75. The quantitative estimate of drug-likeness (QED) is 0.284. The van der Waals surface area contributed by atoms with E-state index in [-0.39, 0.29) is 6.23 Å². The van der Waals surface area contributed by atoms with E-state index in [2.05, 4.69) is 11.3 Å². The summed E-state index contributed by atoms with van der Waals surface area (Å²) in [6.45, 7) is 7.88. The van der Waals surface area contributed by atoms with Crippen LogP contribution in [0.4, 0.5) is 4.11 Å². The molecule has 4 heteroatoms. The molecular weight excluding hydrogens is 163 g/mol. The average Bonchev–Trinajstić information content (AvgIpc) is 1.80. The van der Waals surface area contributed by atoms with E-state index in [1.807, 2.05) is 0 Å².